The lowest BCUT2D eigenvalue weighted by Gasteiger charge is -2.26. The number of amides is 2. The molecule has 0 aliphatic heterocycles. The number of nitrogens with zero attached hydrogens (tertiary/aromatic N) is 2. The van der Waals surface area contributed by atoms with E-state index in [1.807, 2.05) is 0 Å². The summed E-state index contributed by atoms with van der Waals surface area (Å²) >= 11 is 0. The highest BCUT2D eigenvalue weighted by Crippen LogP contribution is 2.28. The lowest BCUT2D eigenvalue weighted by molar-refractivity contribution is -0.143. The monoisotopic (exact) mass is 296 g/mol. The molecule has 1 aromatic rings. The van der Waals surface area contributed by atoms with Gasteiger partial charge in [0.05, 0.1) is 12.5 Å². The number of urea groups is 1. The van der Waals surface area contributed by atoms with Gasteiger partial charge in [0.1, 0.15) is 0 Å². The van der Waals surface area contributed by atoms with E-state index in [0.717, 1.165) is 12.8 Å². The van der Waals surface area contributed by atoms with Gasteiger partial charge >= 0.3 is 12.0 Å². The largest absolute Gasteiger partial charge is 0.481 e. The first-order valence-corrected chi connectivity index (χ1v) is 7.08. The Morgan fingerprint density at radius 3 is 2.57 bits per heavy atom. The Labute approximate surface area is 122 Å². The van der Waals surface area contributed by atoms with E-state index < -0.39 is 5.97 Å². The van der Waals surface area contributed by atoms with E-state index in [1.165, 1.54) is 0 Å². The molecule has 116 valence electrons. The average Bonchev–Trinajstić information content (AvgIpc) is 2.89. The van der Waals surface area contributed by atoms with E-state index >= 15 is 0 Å². The number of carbonyl (C=O) groups excluding carboxylic acids is 1. The zero-order chi connectivity index (χ0) is 15.2. The highest BCUT2D eigenvalue weighted by Gasteiger charge is 2.25. The van der Waals surface area contributed by atoms with Crippen LogP contribution in [0.1, 0.15) is 37.4 Å². The molecule has 0 radical (unpaired) electrons. The van der Waals surface area contributed by atoms with Crippen LogP contribution in [0.5, 0.6) is 0 Å². The summed E-state index contributed by atoms with van der Waals surface area (Å²) in [5.41, 5.74) is 0. The van der Waals surface area contributed by atoms with Gasteiger partial charge in [-0.1, -0.05) is 5.16 Å². The van der Waals surface area contributed by atoms with Gasteiger partial charge in [-0.25, -0.2) is 4.79 Å². The molecule has 0 spiro atoms. The third kappa shape index (κ3) is 4.73. The third-order valence-electron chi connectivity index (χ3n) is 3.72. The van der Waals surface area contributed by atoms with Crippen molar-refractivity contribution in [2.45, 2.75) is 39.2 Å². The first-order valence-electron chi connectivity index (χ1n) is 7.08. The van der Waals surface area contributed by atoms with Crippen LogP contribution in [0, 0.1) is 18.8 Å². The summed E-state index contributed by atoms with van der Waals surface area (Å²) in [6.07, 6.45) is 3.04. The topological polar surface area (TPSA) is 117 Å². The molecule has 8 heteroatoms. The molecule has 1 aliphatic rings. The molecule has 2 amide bonds. The Kier molecular flexibility index (Phi) is 5.13. The molecule has 1 fully saturated rings. The number of carboxylic acids is 1. The maximum atomic E-state index is 11.6. The van der Waals surface area contributed by atoms with E-state index in [-0.39, 0.29) is 18.5 Å². The lowest BCUT2D eigenvalue weighted by Crippen LogP contribution is -2.39. The molecular weight excluding hydrogens is 276 g/mol. The molecule has 0 unspecified atom stereocenters. The summed E-state index contributed by atoms with van der Waals surface area (Å²) in [5, 5.41) is 18.0. The van der Waals surface area contributed by atoms with E-state index in [2.05, 4.69) is 20.8 Å². The van der Waals surface area contributed by atoms with Gasteiger partial charge in [0.2, 0.25) is 5.89 Å². The molecule has 0 atom stereocenters. The summed E-state index contributed by atoms with van der Waals surface area (Å²) in [6, 6.07) is -0.280. The van der Waals surface area contributed by atoms with E-state index in [1.54, 1.807) is 6.92 Å². The summed E-state index contributed by atoms with van der Waals surface area (Å²) in [4.78, 5) is 26.5. The van der Waals surface area contributed by atoms with Crippen LogP contribution >= 0.6 is 0 Å². The standard InChI is InChI=1S/C13H20N4O4/c1-8-16-11(17-21-8)7-15-13(20)14-6-9-2-4-10(5-3-9)12(18)19/h9-10H,2-7H2,1H3,(H,18,19)(H2,14,15,20). The van der Waals surface area contributed by atoms with Crippen LogP contribution in [0.25, 0.3) is 0 Å². The fourth-order valence-electron chi connectivity index (χ4n) is 2.49. The van der Waals surface area contributed by atoms with Crippen LogP contribution in [0.4, 0.5) is 4.79 Å². The van der Waals surface area contributed by atoms with E-state index in [0.29, 0.717) is 37.0 Å². The van der Waals surface area contributed by atoms with Crippen molar-refractivity contribution in [2.24, 2.45) is 11.8 Å². The van der Waals surface area contributed by atoms with Gasteiger partial charge < -0.3 is 20.3 Å². The number of hydrogen-bond acceptors (Lipinski definition) is 5. The first-order chi connectivity index (χ1) is 10.0. The van der Waals surface area contributed by atoms with E-state index in [4.69, 9.17) is 9.63 Å². The van der Waals surface area contributed by atoms with Crippen LogP contribution in [-0.4, -0.2) is 33.8 Å². The Bertz CT molecular complexity index is 494. The second-order valence-electron chi connectivity index (χ2n) is 5.35. The zero-order valence-electron chi connectivity index (χ0n) is 12.0. The molecule has 2 rings (SSSR count). The maximum absolute atomic E-state index is 11.6. The second-order valence-corrected chi connectivity index (χ2v) is 5.35. The molecule has 8 nitrogen and oxygen atoms in total. The van der Waals surface area contributed by atoms with Crippen LogP contribution in [0.15, 0.2) is 4.52 Å². The number of nitrogens with one attached hydrogen (secondary N) is 2. The van der Waals surface area contributed by atoms with Crippen LogP contribution in [-0.2, 0) is 11.3 Å². The predicted molar refractivity (Wildman–Crippen MR) is 72.4 cm³/mol. The smallest absolute Gasteiger partial charge is 0.315 e. The summed E-state index contributed by atoms with van der Waals surface area (Å²) < 4.78 is 4.80. The van der Waals surface area contributed by atoms with Gasteiger partial charge in [-0.3, -0.25) is 4.79 Å². The number of carbonyl (C=O) groups is 2. The summed E-state index contributed by atoms with van der Waals surface area (Å²) in [6.45, 7) is 2.46. The molecule has 3 N–H and O–H groups in total. The van der Waals surface area contributed by atoms with Crippen LogP contribution in [0.3, 0.4) is 0 Å². The van der Waals surface area contributed by atoms with Gasteiger partial charge in [0.15, 0.2) is 5.82 Å². The Morgan fingerprint density at radius 2 is 2.00 bits per heavy atom. The van der Waals surface area contributed by atoms with Crippen molar-refractivity contribution in [3.63, 3.8) is 0 Å². The molecule has 21 heavy (non-hydrogen) atoms. The number of hydrogen-bond donors (Lipinski definition) is 3. The van der Waals surface area contributed by atoms with Gasteiger partial charge in [0.25, 0.3) is 0 Å². The van der Waals surface area contributed by atoms with Crippen molar-refractivity contribution in [1.29, 1.82) is 0 Å². The molecule has 1 aromatic heterocycles. The maximum Gasteiger partial charge on any atom is 0.315 e. The summed E-state index contributed by atoms with van der Waals surface area (Å²) in [5.74, 6) is 0.303. The fourth-order valence-corrected chi connectivity index (χ4v) is 2.49. The average molecular weight is 296 g/mol. The first kappa shape index (κ1) is 15.3. The Balaban J connectivity index is 1.62. The predicted octanol–water partition coefficient (Wildman–Crippen LogP) is 1.07. The van der Waals surface area contributed by atoms with Crippen LogP contribution in [0.2, 0.25) is 0 Å². The fraction of sp³-hybridized carbons (Fsp3) is 0.692. The van der Waals surface area contributed by atoms with Crippen molar-refractivity contribution in [1.82, 2.24) is 20.8 Å². The number of aromatic nitrogens is 2. The SMILES string of the molecule is Cc1nc(CNC(=O)NCC2CCC(C(=O)O)CC2)no1. The molecule has 0 bridgehead atoms. The minimum atomic E-state index is -0.713. The molecule has 0 aromatic carbocycles. The number of aliphatic carboxylic acids is 1. The van der Waals surface area contributed by atoms with Crippen molar-refractivity contribution in [2.75, 3.05) is 6.54 Å². The Morgan fingerprint density at radius 1 is 1.29 bits per heavy atom. The number of aryl methyl sites for hydroxylation is 1. The van der Waals surface area contributed by atoms with Gasteiger partial charge in [0, 0.05) is 13.5 Å². The number of carboxylic acid groups (broad SMARTS) is 1. The highest BCUT2D eigenvalue weighted by atomic mass is 16.5. The van der Waals surface area contributed by atoms with E-state index in [9.17, 15) is 9.59 Å². The molecular formula is C13H20N4O4. The van der Waals surface area contributed by atoms with Crippen molar-refractivity contribution in [3.8, 4) is 0 Å². The zero-order valence-corrected chi connectivity index (χ0v) is 12.0. The minimum absolute atomic E-state index is 0.217. The van der Waals surface area contributed by atoms with Gasteiger partial charge in [-0.2, -0.15) is 4.98 Å². The normalized spacial score (nSPS) is 21.8. The number of rotatable bonds is 5. The Hall–Kier alpha value is -2.12. The van der Waals surface area contributed by atoms with Crippen molar-refractivity contribution >= 4 is 12.0 Å². The van der Waals surface area contributed by atoms with Gasteiger partial charge in [-0.05, 0) is 31.6 Å². The highest BCUT2D eigenvalue weighted by molar-refractivity contribution is 5.73. The quantitative estimate of drug-likeness (QED) is 0.748. The van der Waals surface area contributed by atoms with Crippen molar-refractivity contribution < 1.29 is 19.2 Å². The molecule has 1 aliphatic carbocycles. The van der Waals surface area contributed by atoms with Crippen molar-refractivity contribution in [3.05, 3.63) is 11.7 Å². The van der Waals surface area contributed by atoms with Crippen LogP contribution < -0.4 is 10.6 Å². The molecule has 1 saturated carbocycles. The second kappa shape index (κ2) is 7.05. The lowest BCUT2D eigenvalue weighted by atomic mass is 9.82. The summed E-state index contributed by atoms with van der Waals surface area (Å²) in [7, 11) is 0. The minimum Gasteiger partial charge on any atom is -0.481 e. The molecule has 0 saturated heterocycles. The molecule has 1 heterocycles. The third-order valence-corrected chi connectivity index (χ3v) is 3.72. The van der Waals surface area contributed by atoms with Gasteiger partial charge in [-0.15, -0.1) is 0 Å².